The normalized spacial score (nSPS) is 14.3. The maximum absolute atomic E-state index is 12.9. The topological polar surface area (TPSA) is 43.1 Å². The molecule has 1 atom stereocenters. The summed E-state index contributed by atoms with van der Waals surface area (Å²) in [6.45, 7) is 0. The fraction of sp³-hybridized carbons (Fsp3) is 0.200. The average molecular weight is 421 g/mol. The molecule has 2 aromatic carbocycles. The maximum Gasteiger partial charge on any atom is 0.418 e. The second-order valence-corrected chi connectivity index (χ2v) is 6.74. The Morgan fingerprint density at radius 1 is 0.667 bits per heavy atom. The smallest absolute Gasteiger partial charge is 0.398 e. The first-order valence-electron chi connectivity index (χ1n) is 6.78. The van der Waals surface area contributed by atoms with Crippen LogP contribution in [0.2, 0.25) is 0 Å². The van der Waals surface area contributed by atoms with Crippen LogP contribution >= 0.6 is 0 Å². The van der Waals surface area contributed by atoms with Gasteiger partial charge in [0.1, 0.15) is 0 Å². The average Bonchev–Trinajstić information content (AvgIpc) is 2.51. The molecule has 148 valence electrons. The number of nitrogen functional groups attached to an aromatic ring is 1. The van der Waals surface area contributed by atoms with Crippen LogP contribution in [-0.4, -0.2) is 4.21 Å². The minimum absolute atomic E-state index is 0.176. The quantitative estimate of drug-likeness (QED) is 0.515. The lowest BCUT2D eigenvalue weighted by atomic mass is 10.1. The summed E-state index contributed by atoms with van der Waals surface area (Å²) in [7, 11) is -2.75. The van der Waals surface area contributed by atoms with Crippen LogP contribution in [0.25, 0.3) is 0 Å². The molecule has 2 rings (SSSR count). The Labute approximate surface area is 148 Å². The van der Waals surface area contributed by atoms with Crippen LogP contribution in [-0.2, 0) is 29.3 Å². The molecule has 0 spiro atoms. The van der Waals surface area contributed by atoms with Gasteiger partial charge in [0, 0.05) is 15.5 Å². The maximum atomic E-state index is 12.9. The van der Waals surface area contributed by atoms with Gasteiger partial charge in [0.2, 0.25) is 0 Å². The SMILES string of the molecule is Nc1ccc(S(=O)c2cc(C(F)(F)F)cc(C(F)(F)F)c2)cc1C(F)(F)F. The van der Waals surface area contributed by atoms with Gasteiger partial charge in [-0.15, -0.1) is 0 Å². The molecule has 0 saturated carbocycles. The second kappa shape index (κ2) is 6.73. The van der Waals surface area contributed by atoms with Gasteiger partial charge in [-0.1, -0.05) is 0 Å². The molecule has 0 saturated heterocycles. The van der Waals surface area contributed by atoms with Crippen LogP contribution in [0.5, 0.6) is 0 Å². The van der Waals surface area contributed by atoms with Crippen molar-refractivity contribution in [2.75, 3.05) is 5.73 Å². The summed E-state index contributed by atoms with van der Waals surface area (Å²) in [4.78, 5) is -1.60. The Morgan fingerprint density at radius 3 is 1.56 bits per heavy atom. The van der Waals surface area contributed by atoms with Crippen molar-refractivity contribution in [2.24, 2.45) is 0 Å². The van der Waals surface area contributed by atoms with E-state index < -0.39 is 61.5 Å². The molecule has 0 aliphatic rings. The molecule has 2 nitrogen and oxygen atoms in total. The number of hydrogen-bond acceptors (Lipinski definition) is 2. The molecule has 0 aromatic heterocycles. The van der Waals surface area contributed by atoms with Crippen LogP contribution in [0, 0.1) is 0 Å². The first-order chi connectivity index (χ1) is 12.1. The largest absolute Gasteiger partial charge is 0.418 e. The summed E-state index contributed by atoms with van der Waals surface area (Å²) >= 11 is 0. The van der Waals surface area contributed by atoms with Gasteiger partial charge in [0.15, 0.2) is 0 Å². The Balaban J connectivity index is 2.63. The van der Waals surface area contributed by atoms with Crippen molar-refractivity contribution in [1.29, 1.82) is 0 Å². The number of halogens is 9. The van der Waals surface area contributed by atoms with E-state index in [1.807, 2.05) is 0 Å². The third kappa shape index (κ3) is 4.73. The van der Waals surface area contributed by atoms with Crippen molar-refractivity contribution < 1.29 is 43.7 Å². The number of nitrogens with two attached hydrogens (primary N) is 1. The van der Waals surface area contributed by atoms with Crippen LogP contribution in [0.4, 0.5) is 45.2 Å². The van der Waals surface area contributed by atoms with Gasteiger partial charge in [-0.25, -0.2) is 4.21 Å². The Bertz CT molecular complexity index is 852. The first-order valence-corrected chi connectivity index (χ1v) is 7.93. The molecular weight excluding hydrogens is 413 g/mol. The van der Waals surface area contributed by atoms with E-state index in [-0.39, 0.29) is 18.2 Å². The lowest BCUT2D eigenvalue weighted by Gasteiger charge is -2.15. The van der Waals surface area contributed by atoms with Gasteiger partial charge in [0.05, 0.1) is 27.5 Å². The number of hydrogen-bond donors (Lipinski definition) is 1. The third-order valence-corrected chi connectivity index (χ3v) is 4.67. The highest BCUT2D eigenvalue weighted by atomic mass is 32.2. The Kier molecular flexibility index (Phi) is 5.25. The van der Waals surface area contributed by atoms with E-state index in [1.165, 1.54) is 0 Å². The number of alkyl halides is 9. The molecule has 12 heteroatoms. The van der Waals surface area contributed by atoms with Crippen molar-refractivity contribution in [1.82, 2.24) is 0 Å². The van der Waals surface area contributed by atoms with E-state index in [9.17, 15) is 43.7 Å². The van der Waals surface area contributed by atoms with Crippen molar-refractivity contribution in [3.05, 3.63) is 53.1 Å². The summed E-state index contributed by atoms with van der Waals surface area (Å²) in [5, 5.41) is 0. The molecule has 0 fully saturated rings. The van der Waals surface area contributed by atoms with Gasteiger partial charge in [-0.05, 0) is 36.4 Å². The fourth-order valence-corrected chi connectivity index (χ4v) is 3.22. The standard InChI is InChI=1S/C15H8F9NOS/c16-13(17,18)7-3-8(14(19,20)21)5-10(4-7)27(26)9-1-2-12(25)11(6-9)15(22,23)24/h1-6H,25H2. The predicted molar refractivity (Wildman–Crippen MR) is 77.0 cm³/mol. The zero-order valence-corrected chi connectivity index (χ0v) is 13.6. The summed E-state index contributed by atoms with van der Waals surface area (Å²) in [5.74, 6) is 0. The molecule has 0 bridgehead atoms. The van der Waals surface area contributed by atoms with Crippen molar-refractivity contribution >= 4 is 16.5 Å². The zero-order valence-electron chi connectivity index (χ0n) is 12.8. The van der Waals surface area contributed by atoms with Gasteiger partial charge in [0.25, 0.3) is 0 Å². The molecule has 1 unspecified atom stereocenters. The van der Waals surface area contributed by atoms with Crippen LogP contribution < -0.4 is 5.73 Å². The molecule has 2 N–H and O–H groups in total. The molecule has 2 aromatic rings. The molecule has 0 aliphatic carbocycles. The summed E-state index contributed by atoms with van der Waals surface area (Å²) in [5.41, 5.74) is -0.438. The molecule has 0 aliphatic heterocycles. The minimum Gasteiger partial charge on any atom is -0.398 e. The van der Waals surface area contributed by atoms with E-state index in [1.54, 1.807) is 0 Å². The monoisotopic (exact) mass is 421 g/mol. The molecule has 0 heterocycles. The second-order valence-electron chi connectivity index (χ2n) is 5.26. The van der Waals surface area contributed by atoms with E-state index in [0.717, 1.165) is 6.07 Å². The van der Waals surface area contributed by atoms with Crippen molar-refractivity contribution in [3.8, 4) is 0 Å². The molecule has 0 radical (unpaired) electrons. The number of rotatable bonds is 2. The molecular formula is C15H8F9NOS. The number of anilines is 1. The summed E-state index contributed by atoms with van der Waals surface area (Å²) < 4.78 is 128. The number of benzene rings is 2. The Morgan fingerprint density at radius 2 is 1.15 bits per heavy atom. The lowest BCUT2D eigenvalue weighted by Crippen LogP contribution is -2.13. The van der Waals surface area contributed by atoms with Crippen molar-refractivity contribution in [2.45, 2.75) is 28.3 Å². The van der Waals surface area contributed by atoms with E-state index in [4.69, 9.17) is 5.73 Å². The van der Waals surface area contributed by atoms with Gasteiger partial charge < -0.3 is 5.73 Å². The third-order valence-electron chi connectivity index (χ3n) is 3.32. The van der Waals surface area contributed by atoms with Crippen LogP contribution in [0.15, 0.2) is 46.2 Å². The van der Waals surface area contributed by atoms with E-state index >= 15 is 0 Å². The highest BCUT2D eigenvalue weighted by Gasteiger charge is 2.38. The van der Waals surface area contributed by atoms with Gasteiger partial charge in [-0.3, -0.25) is 0 Å². The zero-order chi connectivity index (χ0) is 20.8. The highest BCUT2D eigenvalue weighted by Crippen LogP contribution is 2.39. The van der Waals surface area contributed by atoms with E-state index in [2.05, 4.69) is 0 Å². The highest BCUT2D eigenvalue weighted by molar-refractivity contribution is 7.85. The van der Waals surface area contributed by atoms with Gasteiger partial charge >= 0.3 is 18.5 Å². The lowest BCUT2D eigenvalue weighted by molar-refractivity contribution is -0.143. The van der Waals surface area contributed by atoms with E-state index in [0.29, 0.717) is 12.1 Å². The Hall–Kier alpha value is -2.24. The predicted octanol–water partition coefficient (Wildman–Crippen LogP) is 5.49. The van der Waals surface area contributed by atoms with Gasteiger partial charge in [-0.2, -0.15) is 39.5 Å². The molecule has 0 amide bonds. The van der Waals surface area contributed by atoms with Crippen LogP contribution in [0.3, 0.4) is 0 Å². The molecule has 27 heavy (non-hydrogen) atoms. The minimum atomic E-state index is -5.18. The first kappa shape index (κ1) is 21.1. The van der Waals surface area contributed by atoms with Crippen LogP contribution in [0.1, 0.15) is 16.7 Å². The summed E-state index contributed by atoms with van der Waals surface area (Å²) in [6.07, 6.45) is -15.3. The summed E-state index contributed by atoms with van der Waals surface area (Å²) in [6, 6.07) is 2.07. The fourth-order valence-electron chi connectivity index (χ4n) is 2.07. The van der Waals surface area contributed by atoms with Crippen molar-refractivity contribution in [3.63, 3.8) is 0 Å².